The molecule has 0 radical (unpaired) electrons. The van der Waals surface area contributed by atoms with Crippen LogP contribution in [0.4, 0.5) is 5.69 Å². The quantitative estimate of drug-likeness (QED) is 0.477. The Morgan fingerprint density at radius 1 is 1.24 bits per heavy atom. The van der Waals surface area contributed by atoms with E-state index in [1.54, 1.807) is 12.1 Å². The van der Waals surface area contributed by atoms with Crippen LogP contribution in [-0.2, 0) is 14.6 Å². The van der Waals surface area contributed by atoms with E-state index in [1.165, 1.54) is 0 Å². The summed E-state index contributed by atoms with van der Waals surface area (Å²) in [5.41, 5.74) is 12.5. The number of nitrogen functional groups attached to an aromatic ring is 1. The summed E-state index contributed by atoms with van der Waals surface area (Å²) >= 11 is 0. The fraction of sp³-hybridized carbons (Fsp3) is 0.600. The Morgan fingerprint density at radius 3 is 2.24 bits per heavy atom. The molecule has 25 heavy (non-hydrogen) atoms. The van der Waals surface area contributed by atoms with Crippen LogP contribution in [0, 0.1) is 0 Å². The monoisotopic (exact) mass is 378 g/mol. The van der Waals surface area contributed by atoms with Crippen LogP contribution >= 0.6 is 0 Å². The molecular weight excluding hydrogens is 352 g/mol. The number of ether oxygens (including phenoxy) is 3. The molecule has 1 aromatic carbocycles. The van der Waals surface area contributed by atoms with E-state index in [0.717, 1.165) is 26.4 Å². The van der Waals surface area contributed by atoms with Crippen molar-refractivity contribution in [3.63, 3.8) is 0 Å². The van der Waals surface area contributed by atoms with Gasteiger partial charge in [-0.15, -0.1) is 0 Å². The molecule has 0 unspecified atom stereocenters. The standard InChI is InChI=1S/C14H22N2O3.CH4O4S/c1-3-14(16,4-2)5-6-17-11-8-13-12(7-10(11)15)18-9-19-13;1-5-6(2,3)4/h7-8H,3-6,9,15-16H2,1-2H3;1H3,(H,2,3,4). The summed E-state index contributed by atoms with van der Waals surface area (Å²) in [4.78, 5) is 0. The van der Waals surface area contributed by atoms with E-state index in [4.69, 9.17) is 30.2 Å². The SMILES string of the molecule is CCC(N)(CC)CCOc1cc2c(cc1N)OCO2.COS(=O)(=O)O. The molecule has 0 bridgehead atoms. The third kappa shape index (κ3) is 6.94. The van der Waals surface area contributed by atoms with Gasteiger partial charge in [0.25, 0.3) is 0 Å². The van der Waals surface area contributed by atoms with Crippen molar-refractivity contribution in [3.05, 3.63) is 12.1 Å². The Balaban J connectivity index is 0.000000450. The maximum Gasteiger partial charge on any atom is 0.397 e. The first-order valence-corrected chi connectivity index (χ1v) is 9.14. The van der Waals surface area contributed by atoms with Crippen molar-refractivity contribution in [3.8, 4) is 17.2 Å². The topological polar surface area (TPSA) is 143 Å². The molecule has 5 N–H and O–H groups in total. The zero-order chi connectivity index (χ0) is 19.1. The van der Waals surface area contributed by atoms with Gasteiger partial charge in [0, 0.05) is 17.7 Å². The van der Waals surface area contributed by atoms with Gasteiger partial charge in [-0.1, -0.05) is 13.8 Å². The molecule has 10 heteroatoms. The summed E-state index contributed by atoms with van der Waals surface area (Å²) in [6.07, 6.45) is 2.67. The van der Waals surface area contributed by atoms with Crippen LogP contribution in [-0.4, -0.2) is 39.0 Å². The lowest BCUT2D eigenvalue weighted by Crippen LogP contribution is -2.39. The zero-order valence-electron chi connectivity index (χ0n) is 14.6. The fourth-order valence-corrected chi connectivity index (χ4v) is 2.03. The Labute approximate surface area is 148 Å². The molecule has 0 amide bonds. The average Bonchev–Trinajstić information content (AvgIpc) is 3.01. The predicted octanol–water partition coefficient (Wildman–Crippen LogP) is 1.72. The summed E-state index contributed by atoms with van der Waals surface area (Å²) < 4.78 is 46.0. The average molecular weight is 378 g/mol. The van der Waals surface area contributed by atoms with Crippen molar-refractivity contribution in [2.24, 2.45) is 5.73 Å². The van der Waals surface area contributed by atoms with E-state index in [-0.39, 0.29) is 12.3 Å². The molecule has 0 fully saturated rings. The van der Waals surface area contributed by atoms with Gasteiger partial charge >= 0.3 is 10.4 Å². The lowest BCUT2D eigenvalue weighted by atomic mass is 9.91. The number of anilines is 1. The highest BCUT2D eigenvalue weighted by Crippen LogP contribution is 2.39. The van der Waals surface area contributed by atoms with Crippen LogP contribution in [0.15, 0.2) is 12.1 Å². The number of hydrogen-bond donors (Lipinski definition) is 3. The number of hydrogen-bond acceptors (Lipinski definition) is 8. The molecule has 1 heterocycles. The first kappa shape index (κ1) is 21.3. The molecule has 9 nitrogen and oxygen atoms in total. The Morgan fingerprint density at radius 2 is 1.76 bits per heavy atom. The first-order chi connectivity index (χ1) is 11.6. The summed E-state index contributed by atoms with van der Waals surface area (Å²) in [5, 5.41) is 0. The van der Waals surface area contributed by atoms with E-state index in [1.807, 2.05) is 0 Å². The minimum atomic E-state index is -4.16. The third-order valence-electron chi connectivity index (χ3n) is 3.98. The van der Waals surface area contributed by atoms with Crippen LogP contribution in [0.5, 0.6) is 17.2 Å². The van der Waals surface area contributed by atoms with E-state index in [0.29, 0.717) is 29.5 Å². The van der Waals surface area contributed by atoms with Crippen LogP contribution in [0.2, 0.25) is 0 Å². The molecule has 1 aliphatic heterocycles. The lowest BCUT2D eigenvalue weighted by molar-refractivity contribution is 0.173. The van der Waals surface area contributed by atoms with E-state index in [2.05, 4.69) is 18.0 Å². The molecule has 0 saturated carbocycles. The van der Waals surface area contributed by atoms with Gasteiger partial charge in [-0.05, 0) is 19.3 Å². The Kier molecular flexibility index (Phi) is 7.74. The highest BCUT2D eigenvalue weighted by Gasteiger charge is 2.21. The van der Waals surface area contributed by atoms with Gasteiger partial charge in [-0.25, -0.2) is 0 Å². The van der Waals surface area contributed by atoms with Crippen LogP contribution in [0.1, 0.15) is 33.1 Å². The number of benzene rings is 1. The predicted molar refractivity (Wildman–Crippen MR) is 93.1 cm³/mol. The third-order valence-corrected chi connectivity index (χ3v) is 4.40. The molecule has 0 aliphatic carbocycles. The second-order valence-electron chi connectivity index (χ2n) is 5.51. The fourth-order valence-electron chi connectivity index (χ4n) is 2.03. The van der Waals surface area contributed by atoms with Crippen molar-refractivity contribution in [1.82, 2.24) is 0 Å². The molecule has 0 atom stereocenters. The lowest BCUT2D eigenvalue weighted by Gasteiger charge is -2.26. The maximum atomic E-state index is 9.33. The highest BCUT2D eigenvalue weighted by molar-refractivity contribution is 7.80. The minimum absolute atomic E-state index is 0.162. The summed E-state index contributed by atoms with van der Waals surface area (Å²) in [5.74, 6) is 1.97. The van der Waals surface area contributed by atoms with Crippen molar-refractivity contribution in [1.29, 1.82) is 0 Å². The van der Waals surface area contributed by atoms with Gasteiger partial charge in [0.15, 0.2) is 11.5 Å². The molecule has 2 rings (SSSR count). The molecular formula is C15H26N2O7S. The smallest absolute Gasteiger partial charge is 0.397 e. The van der Waals surface area contributed by atoms with Crippen molar-refractivity contribution in [2.45, 2.75) is 38.6 Å². The Bertz CT molecular complexity index is 660. The normalized spacial score (nSPS) is 13.2. The van der Waals surface area contributed by atoms with E-state index >= 15 is 0 Å². The Hall–Kier alpha value is -1.75. The summed E-state index contributed by atoms with van der Waals surface area (Å²) in [6, 6.07) is 3.50. The molecule has 0 saturated heterocycles. The van der Waals surface area contributed by atoms with Crippen LogP contribution < -0.4 is 25.7 Å². The second-order valence-corrected chi connectivity index (χ2v) is 6.69. The summed E-state index contributed by atoms with van der Waals surface area (Å²) in [7, 11) is -3.29. The van der Waals surface area contributed by atoms with Crippen molar-refractivity contribution >= 4 is 16.1 Å². The molecule has 0 spiro atoms. The zero-order valence-corrected chi connectivity index (χ0v) is 15.5. The van der Waals surface area contributed by atoms with Crippen molar-refractivity contribution in [2.75, 3.05) is 26.2 Å². The first-order valence-electron chi connectivity index (χ1n) is 7.78. The molecule has 1 aliphatic rings. The number of rotatable bonds is 7. The summed E-state index contributed by atoms with van der Waals surface area (Å²) in [6.45, 7) is 4.97. The van der Waals surface area contributed by atoms with Crippen LogP contribution in [0.25, 0.3) is 0 Å². The molecule has 1 aromatic rings. The van der Waals surface area contributed by atoms with Gasteiger partial charge in [0.05, 0.1) is 19.4 Å². The number of fused-ring (bicyclic) bond motifs is 1. The van der Waals surface area contributed by atoms with Gasteiger partial charge < -0.3 is 25.7 Å². The van der Waals surface area contributed by atoms with Gasteiger partial charge in [-0.2, -0.15) is 8.42 Å². The van der Waals surface area contributed by atoms with Gasteiger partial charge in [0.2, 0.25) is 6.79 Å². The van der Waals surface area contributed by atoms with E-state index < -0.39 is 10.4 Å². The maximum absolute atomic E-state index is 9.33. The van der Waals surface area contributed by atoms with Gasteiger partial charge in [0.1, 0.15) is 5.75 Å². The largest absolute Gasteiger partial charge is 0.491 e. The second kappa shape index (κ2) is 9.09. The molecule has 144 valence electrons. The highest BCUT2D eigenvalue weighted by atomic mass is 32.3. The van der Waals surface area contributed by atoms with Crippen molar-refractivity contribution < 1.29 is 31.4 Å². The minimum Gasteiger partial charge on any atom is -0.491 e. The number of nitrogens with two attached hydrogens (primary N) is 2. The van der Waals surface area contributed by atoms with Crippen LogP contribution in [0.3, 0.4) is 0 Å². The van der Waals surface area contributed by atoms with Gasteiger partial charge in [-0.3, -0.25) is 8.74 Å². The van der Waals surface area contributed by atoms with E-state index in [9.17, 15) is 8.42 Å². The molecule has 0 aromatic heterocycles.